The number of ketones is 1. The van der Waals surface area contributed by atoms with Crippen molar-refractivity contribution in [2.24, 2.45) is 0 Å². The van der Waals surface area contributed by atoms with Crippen LogP contribution in [0.4, 0.5) is 0 Å². The van der Waals surface area contributed by atoms with Gasteiger partial charge in [-0.1, -0.05) is 35.3 Å². The Balaban J connectivity index is 1.33. The van der Waals surface area contributed by atoms with Gasteiger partial charge in [-0.2, -0.15) is 0 Å². The second kappa shape index (κ2) is 8.28. The first-order valence-electron chi connectivity index (χ1n) is 9.69. The van der Waals surface area contributed by atoms with Gasteiger partial charge in [-0.15, -0.1) is 0 Å². The number of rotatable bonds is 3. The third-order valence-electron chi connectivity index (χ3n) is 5.60. The molecule has 2 aliphatic rings. The number of ether oxygens (including phenoxy) is 1. The number of benzene rings is 2. The summed E-state index contributed by atoms with van der Waals surface area (Å²) in [4.78, 5) is 39.0. The molecule has 0 aliphatic carbocycles. The zero-order chi connectivity index (χ0) is 21.3. The minimum Gasteiger partial charge on any atom is -0.486 e. The molecule has 6 nitrogen and oxygen atoms in total. The van der Waals surface area contributed by atoms with Crippen molar-refractivity contribution in [3.63, 3.8) is 0 Å². The number of fused-ring (bicyclic) bond motifs is 1. The Morgan fingerprint density at radius 2 is 1.83 bits per heavy atom. The van der Waals surface area contributed by atoms with E-state index in [1.165, 1.54) is 12.1 Å². The highest BCUT2D eigenvalue weighted by atomic mass is 35.5. The lowest BCUT2D eigenvalue weighted by Gasteiger charge is -2.44. The Morgan fingerprint density at radius 1 is 1.10 bits per heavy atom. The fourth-order valence-electron chi connectivity index (χ4n) is 3.92. The fraction of sp³-hybridized carbons (Fsp3) is 0.318. The molecule has 1 saturated heterocycles. The van der Waals surface area contributed by atoms with Gasteiger partial charge in [-0.05, 0) is 30.3 Å². The number of carbonyl (C=O) groups is 3. The minimum absolute atomic E-state index is 0.0729. The number of piperidine rings is 1. The van der Waals surface area contributed by atoms with Crippen LogP contribution < -0.4 is 10.1 Å². The van der Waals surface area contributed by atoms with E-state index in [-0.39, 0.29) is 28.8 Å². The van der Waals surface area contributed by atoms with Crippen LogP contribution in [-0.2, 0) is 4.79 Å². The van der Waals surface area contributed by atoms with Crippen molar-refractivity contribution >= 4 is 40.8 Å². The van der Waals surface area contributed by atoms with Gasteiger partial charge in [0, 0.05) is 31.0 Å². The van der Waals surface area contributed by atoms with Crippen molar-refractivity contribution < 1.29 is 19.1 Å². The van der Waals surface area contributed by atoms with Crippen molar-refractivity contribution in [3.8, 4) is 5.75 Å². The number of nitrogens with zero attached hydrogens (tertiary/aromatic N) is 1. The number of hydrogen-bond donors (Lipinski definition) is 1. The van der Waals surface area contributed by atoms with Crippen LogP contribution in [0.15, 0.2) is 42.5 Å². The highest BCUT2D eigenvalue weighted by molar-refractivity contribution is 6.36. The van der Waals surface area contributed by atoms with Crippen LogP contribution in [0.1, 0.15) is 40.0 Å². The van der Waals surface area contributed by atoms with Crippen LogP contribution in [0.5, 0.6) is 5.75 Å². The zero-order valence-corrected chi connectivity index (χ0v) is 17.6. The maximum Gasteiger partial charge on any atom is 0.253 e. The second-order valence-corrected chi connectivity index (χ2v) is 8.41. The minimum atomic E-state index is -0.567. The molecule has 2 aliphatic heterocycles. The number of amides is 2. The molecule has 0 radical (unpaired) electrons. The molecule has 0 unspecified atom stereocenters. The molecule has 0 aromatic heterocycles. The van der Waals surface area contributed by atoms with Gasteiger partial charge in [0.1, 0.15) is 11.4 Å². The van der Waals surface area contributed by atoms with Crippen molar-refractivity contribution in [1.82, 2.24) is 10.2 Å². The van der Waals surface area contributed by atoms with Gasteiger partial charge in [0.2, 0.25) is 5.91 Å². The molecule has 2 amide bonds. The van der Waals surface area contributed by atoms with Crippen molar-refractivity contribution in [1.29, 1.82) is 0 Å². The van der Waals surface area contributed by atoms with Crippen molar-refractivity contribution in [3.05, 3.63) is 63.6 Å². The second-order valence-electron chi connectivity index (χ2n) is 7.57. The Hall–Kier alpha value is -2.57. The van der Waals surface area contributed by atoms with Crippen molar-refractivity contribution in [2.45, 2.75) is 24.9 Å². The lowest BCUT2D eigenvalue weighted by atomic mass is 9.82. The third-order valence-corrected chi connectivity index (χ3v) is 6.15. The average Bonchev–Trinajstić information content (AvgIpc) is 2.72. The van der Waals surface area contributed by atoms with Crippen LogP contribution in [0.3, 0.4) is 0 Å². The summed E-state index contributed by atoms with van der Waals surface area (Å²) in [7, 11) is 0. The van der Waals surface area contributed by atoms with Crippen molar-refractivity contribution in [2.75, 3.05) is 19.6 Å². The van der Waals surface area contributed by atoms with E-state index in [0.717, 1.165) is 0 Å². The standard InChI is InChI=1S/C22H20Cl2N2O4/c23-14-5-6-15(17(24)11-14)21(29)25-13-20(28)26-9-7-22(8-10-26)12-18(27)16-3-1-2-4-19(16)30-22/h1-6,11H,7-10,12-13H2,(H,25,29). The van der Waals surface area contributed by atoms with Crippen LogP contribution in [0.25, 0.3) is 0 Å². The Labute approximate surface area is 184 Å². The molecule has 1 N–H and O–H groups in total. The Morgan fingerprint density at radius 3 is 2.57 bits per heavy atom. The van der Waals surface area contributed by atoms with Gasteiger partial charge < -0.3 is 15.0 Å². The number of halogens is 2. The number of carbonyl (C=O) groups excluding carboxylic acids is 3. The maximum absolute atomic E-state index is 12.6. The number of hydrogen-bond acceptors (Lipinski definition) is 4. The summed E-state index contributed by atoms with van der Waals surface area (Å²) in [6.45, 7) is 0.797. The van der Waals surface area contributed by atoms with E-state index >= 15 is 0 Å². The number of Topliss-reactive ketones (excluding diaryl/α,β-unsaturated/α-hetero) is 1. The van der Waals surface area contributed by atoms with E-state index < -0.39 is 11.5 Å². The normalized spacial score (nSPS) is 17.3. The predicted molar refractivity (Wildman–Crippen MR) is 113 cm³/mol. The van der Waals surface area contributed by atoms with Crippen LogP contribution in [-0.4, -0.2) is 47.7 Å². The summed E-state index contributed by atoms with van der Waals surface area (Å²) in [5.74, 6) is 0.0616. The SMILES string of the molecule is O=C(NCC(=O)N1CCC2(CC1)CC(=O)c1ccccc1O2)c1ccc(Cl)cc1Cl. The van der Waals surface area contributed by atoms with E-state index in [9.17, 15) is 14.4 Å². The molecule has 0 atom stereocenters. The molecule has 8 heteroatoms. The highest BCUT2D eigenvalue weighted by Crippen LogP contribution is 2.39. The van der Waals surface area contributed by atoms with Crippen LogP contribution in [0, 0.1) is 0 Å². The van der Waals surface area contributed by atoms with E-state index in [2.05, 4.69) is 5.32 Å². The first kappa shape index (κ1) is 20.7. The molecule has 2 aromatic rings. The molecule has 0 saturated carbocycles. The predicted octanol–water partition coefficient (Wildman–Crippen LogP) is 3.75. The highest BCUT2D eigenvalue weighted by Gasteiger charge is 2.43. The smallest absolute Gasteiger partial charge is 0.253 e. The van der Waals surface area contributed by atoms with E-state index in [4.69, 9.17) is 27.9 Å². The molecule has 2 aromatic carbocycles. The lowest BCUT2D eigenvalue weighted by molar-refractivity contribution is -0.133. The number of para-hydroxylation sites is 1. The Kier molecular flexibility index (Phi) is 5.71. The molecule has 156 valence electrons. The third kappa shape index (κ3) is 4.16. The van der Waals surface area contributed by atoms with Gasteiger partial charge >= 0.3 is 0 Å². The van der Waals surface area contributed by atoms with Gasteiger partial charge in [0.05, 0.1) is 29.1 Å². The first-order valence-corrected chi connectivity index (χ1v) is 10.4. The quantitative estimate of drug-likeness (QED) is 0.778. The summed E-state index contributed by atoms with van der Waals surface area (Å²) >= 11 is 11.9. The van der Waals surface area contributed by atoms with Gasteiger partial charge in [0.25, 0.3) is 5.91 Å². The first-order chi connectivity index (χ1) is 14.4. The summed E-state index contributed by atoms with van der Waals surface area (Å²) in [5.41, 5.74) is 0.312. The number of likely N-dealkylation sites (tertiary alicyclic amines) is 1. The van der Waals surface area contributed by atoms with E-state index in [1.807, 2.05) is 18.2 Å². The Bertz CT molecular complexity index is 1020. The zero-order valence-electron chi connectivity index (χ0n) is 16.1. The number of nitrogens with one attached hydrogen (secondary N) is 1. The fourth-order valence-corrected chi connectivity index (χ4v) is 4.42. The molecular formula is C22H20Cl2N2O4. The molecule has 30 heavy (non-hydrogen) atoms. The summed E-state index contributed by atoms with van der Waals surface area (Å²) in [6, 6.07) is 11.8. The monoisotopic (exact) mass is 446 g/mol. The maximum atomic E-state index is 12.6. The lowest BCUT2D eigenvalue weighted by Crippen LogP contribution is -2.53. The van der Waals surface area contributed by atoms with Gasteiger partial charge in [-0.25, -0.2) is 0 Å². The largest absolute Gasteiger partial charge is 0.486 e. The van der Waals surface area contributed by atoms with E-state index in [1.54, 1.807) is 17.0 Å². The topological polar surface area (TPSA) is 75.7 Å². The molecule has 4 rings (SSSR count). The molecule has 1 fully saturated rings. The molecule has 1 spiro atoms. The average molecular weight is 447 g/mol. The summed E-state index contributed by atoms with van der Waals surface area (Å²) in [5, 5.41) is 3.26. The van der Waals surface area contributed by atoms with Gasteiger partial charge in [-0.3, -0.25) is 14.4 Å². The van der Waals surface area contributed by atoms with Crippen LogP contribution >= 0.6 is 23.2 Å². The van der Waals surface area contributed by atoms with Crippen LogP contribution in [0.2, 0.25) is 10.0 Å². The van der Waals surface area contributed by atoms with Gasteiger partial charge in [0.15, 0.2) is 5.78 Å². The summed E-state index contributed by atoms with van der Waals surface area (Å²) in [6.07, 6.45) is 1.45. The molecular weight excluding hydrogens is 427 g/mol. The molecule has 2 heterocycles. The molecule has 0 bridgehead atoms. The van der Waals surface area contributed by atoms with E-state index in [0.29, 0.717) is 48.7 Å². The summed E-state index contributed by atoms with van der Waals surface area (Å²) < 4.78 is 6.18.